The van der Waals surface area contributed by atoms with Crippen LogP contribution < -0.4 is 4.74 Å². The molecule has 0 saturated carbocycles. The molecule has 6 nitrogen and oxygen atoms in total. The number of aromatic nitrogens is 4. The van der Waals surface area contributed by atoms with Gasteiger partial charge in [0, 0.05) is 19.1 Å². The molecule has 1 aliphatic rings. The highest BCUT2D eigenvalue weighted by molar-refractivity contribution is 5.31. The summed E-state index contributed by atoms with van der Waals surface area (Å²) in [6.07, 6.45) is 4.81. The van der Waals surface area contributed by atoms with Crippen LogP contribution in [0.2, 0.25) is 0 Å². The van der Waals surface area contributed by atoms with E-state index in [1.807, 2.05) is 4.68 Å². The average Bonchev–Trinajstić information content (AvgIpc) is 3.26. The number of hydrogen-bond acceptors (Lipinski definition) is 5. The number of ether oxygens (including phenoxy) is 1. The molecule has 3 aromatic rings. The molecule has 146 valence electrons. The standard InChI is InChI=1S/C22H27N5O/c1-18-15-21(27-17-23-24-25-27)11-12-26(18)13-14-28-22-9-7-20(8-10-22)16-19-5-3-2-4-6-19/h2-10,17-18,21H,11-16H2,1H3. The van der Waals surface area contributed by atoms with E-state index in [9.17, 15) is 0 Å². The van der Waals surface area contributed by atoms with E-state index >= 15 is 0 Å². The van der Waals surface area contributed by atoms with Gasteiger partial charge in [-0.1, -0.05) is 42.5 Å². The van der Waals surface area contributed by atoms with E-state index in [1.54, 1.807) is 6.33 Å². The zero-order valence-electron chi connectivity index (χ0n) is 16.3. The van der Waals surface area contributed by atoms with Crippen molar-refractivity contribution in [2.45, 2.75) is 38.3 Å². The number of tetrazole rings is 1. The van der Waals surface area contributed by atoms with Crippen molar-refractivity contribution in [3.8, 4) is 5.75 Å². The highest BCUT2D eigenvalue weighted by atomic mass is 16.5. The Kier molecular flexibility index (Phi) is 5.97. The van der Waals surface area contributed by atoms with Crippen molar-refractivity contribution in [2.75, 3.05) is 19.7 Å². The number of nitrogens with zero attached hydrogens (tertiary/aromatic N) is 5. The second-order valence-corrected chi connectivity index (χ2v) is 7.51. The SMILES string of the molecule is CC1CC(n2cnnn2)CCN1CCOc1ccc(Cc2ccccc2)cc1. The third kappa shape index (κ3) is 4.75. The van der Waals surface area contributed by atoms with Gasteiger partial charge in [-0.15, -0.1) is 5.10 Å². The summed E-state index contributed by atoms with van der Waals surface area (Å²) >= 11 is 0. The van der Waals surface area contributed by atoms with Crippen molar-refractivity contribution < 1.29 is 4.74 Å². The van der Waals surface area contributed by atoms with Gasteiger partial charge in [0.1, 0.15) is 18.7 Å². The van der Waals surface area contributed by atoms with Crippen molar-refractivity contribution in [3.63, 3.8) is 0 Å². The van der Waals surface area contributed by atoms with E-state index in [2.05, 4.69) is 81.9 Å². The molecule has 2 aromatic carbocycles. The summed E-state index contributed by atoms with van der Waals surface area (Å²) in [5.41, 5.74) is 2.63. The lowest BCUT2D eigenvalue weighted by Gasteiger charge is -2.37. The number of piperidine rings is 1. The molecule has 0 N–H and O–H groups in total. The maximum absolute atomic E-state index is 5.98. The zero-order chi connectivity index (χ0) is 19.2. The summed E-state index contributed by atoms with van der Waals surface area (Å²) in [6.45, 7) is 4.97. The Balaban J connectivity index is 1.22. The normalized spacial score (nSPS) is 20.2. The fourth-order valence-electron chi connectivity index (χ4n) is 3.92. The predicted molar refractivity (Wildman–Crippen MR) is 108 cm³/mol. The second kappa shape index (κ2) is 8.97. The molecule has 0 bridgehead atoms. The van der Waals surface area contributed by atoms with E-state index in [0.29, 0.717) is 18.7 Å². The lowest BCUT2D eigenvalue weighted by Crippen LogP contribution is -2.43. The van der Waals surface area contributed by atoms with E-state index in [4.69, 9.17) is 4.74 Å². The first-order valence-electron chi connectivity index (χ1n) is 10.00. The van der Waals surface area contributed by atoms with Gasteiger partial charge in [-0.05, 0) is 59.9 Å². The fraction of sp³-hybridized carbons (Fsp3) is 0.409. The molecule has 0 radical (unpaired) electrons. The van der Waals surface area contributed by atoms with Crippen molar-refractivity contribution >= 4 is 0 Å². The third-order valence-electron chi connectivity index (χ3n) is 5.55. The summed E-state index contributed by atoms with van der Waals surface area (Å²) in [4.78, 5) is 2.49. The molecule has 2 atom stereocenters. The fourth-order valence-corrected chi connectivity index (χ4v) is 3.92. The van der Waals surface area contributed by atoms with Gasteiger partial charge in [-0.25, -0.2) is 4.68 Å². The third-order valence-corrected chi connectivity index (χ3v) is 5.55. The van der Waals surface area contributed by atoms with Crippen LogP contribution in [0.1, 0.15) is 36.9 Å². The topological polar surface area (TPSA) is 56.1 Å². The molecule has 0 aliphatic carbocycles. The molecule has 2 heterocycles. The van der Waals surface area contributed by atoms with Crippen LogP contribution in [0, 0.1) is 0 Å². The molecule has 1 aromatic heterocycles. The largest absolute Gasteiger partial charge is 0.492 e. The zero-order valence-corrected chi connectivity index (χ0v) is 16.3. The highest BCUT2D eigenvalue weighted by Crippen LogP contribution is 2.25. The first kappa shape index (κ1) is 18.6. The molecular weight excluding hydrogens is 350 g/mol. The first-order valence-corrected chi connectivity index (χ1v) is 10.00. The van der Waals surface area contributed by atoms with Crippen molar-refractivity contribution in [2.24, 2.45) is 0 Å². The van der Waals surface area contributed by atoms with Gasteiger partial charge >= 0.3 is 0 Å². The Morgan fingerprint density at radius 2 is 1.82 bits per heavy atom. The van der Waals surface area contributed by atoms with E-state index in [0.717, 1.165) is 38.1 Å². The van der Waals surface area contributed by atoms with Crippen LogP contribution >= 0.6 is 0 Å². The van der Waals surface area contributed by atoms with Gasteiger partial charge in [0.25, 0.3) is 0 Å². The minimum absolute atomic E-state index is 0.402. The summed E-state index contributed by atoms with van der Waals surface area (Å²) in [5, 5.41) is 11.6. The van der Waals surface area contributed by atoms with E-state index < -0.39 is 0 Å². The maximum Gasteiger partial charge on any atom is 0.138 e. The van der Waals surface area contributed by atoms with Gasteiger partial charge in [0.05, 0.1) is 6.04 Å². The number of likely N-dealkylation sites (tertiary alicyclic amines) is 1. The van der Waals surface area contributed by atoms with Gasteiger partial charge in [-0.3, -0.25) is 4.90 Å². The lowest BCUT2D eigenvalue weighted by atomic mass is 9.98. The Morgan fingerprint density at radius 3 is 2.54 bits per heavy atom. The monoisotopic (exact) mass is 377 g/mol. The maximum atomic E-state index is 5.98. The molecule has 6 heteroatoms. The van der Waals surface area contributed by atoms with Crippen LogP contribution in [-0.4, -0.2) is 50.8 Å². The predicted octanol–water partition coefficient (Wildman–Crippen LogP) is 3.37. The van der Waals surface area contributed by atoms with Gasteiger partial charge < -0.3 is 4.74 Å². The molecule has 28 heavy (non-hydrogen) atoms. The van der Waals surface area contributed by atoms with Crippen LogP contribution in [0.5, 0.6) is 5.75 Å². The molecular formula is C22H27N5O. The molecule has 1 saturated heterocycles. The first-order chi connectivity index (χ1) is 13.8. The summed E-state index contributed by atoms with van der Waals surface area (Å²) in [5.74, 6) is 0.938. The smallest absolute Gasteiger partial charge is 0.138 e. The van der Waals surface area contributed by atoms with Crippen LogP contribution in [0.25, 0.3) is 0 Å². The minimum Gasteiger partial charge on any atom is -0.492 e. The average molecular weight is 377 g/mol. The Morgan fingerprint density at radius 1 is 1.04 bits per heavy atom. The van der Waals surface area contributed by atoms with Gasteiger partial charge in [0.2, 0.25) is 0 Å². The lowest BCUT2D eigenvalue weighted by molar-refractivity contribution is 0.102. The highest BCUT2D eigenvalue weighted by Gasteiger charge is 2.26. The van der Waals surface area contributed by atoms with Gasteiger partial charge in [-0.2, -0.15) is 0 Å². The summed E-state index contributed by atoms with van der Waals surface area (Å²) in [6, 6.07) is 19.9. The van der Waals surface area contributed by atoms with Gasteiger partial charge in [0.15, 0.2) is 0 Å². The molecule has 4 rings (SSSR count). The quantitative estimate of drug-likeness (QED) is 0.632. The Hall–Kier alpha value is -2.73. The minimum atomic E-state index is 0.402. The van der Waals surface area contributed by atoms with Crippen LogP contribution in [0.15, 0.2) is 60.9 Å². The Bertz CT molecular complexity index is 835. The number of hydrogen-bond donors (Lipinski definition) is 0. The second-order valence-electron chi connectivity index (χ2n) is 7.51. The van der Waals surface area contributed by atoms with E-state index in [-0.39, 0.29) is 0 Å². The number of rotatable bonds is 7. The van der Waals surface area contributed by atoms with Crippen LogP contribution in [-0.2, 0) is 6.42 Å². The van der Waals surface area contributed by atoms with Crippen LogP contribution in [0.4, 0.5) is 0 Å². The number of benzene rings is 2. The molecule has 1 aliphatic heterocycles. The van der Waals surface area contributed by atoms with Crippen molar-refractivity contribution in [3.05, 3.63) is 72.1 Å². The van der Waals surface area contributed by atoms with Crippen molar-refractivity contribution in [1.29, 1.82) is 0 Å². The molecule has 1 fully saturated rings. The Labute approximate surface area is 166 Å². The van der Waals surface area contributed by atoms with Crippen LogP contribution in [0.3, 0.4) is 0 Å². The molecule has 2 unspecified atom stereocenters. The van der Waals surface area contributed by atoms with E-state index in [1.165, 1.54) is 11.1 Å². The summed E-state index contributed by atoms with van der Waals surface area (Å²) < 4.78 is 7.87. The molecule has 0 spiro atoms. The summed E-state index contributed by atoms with van der Waals surface area (Å²) in [7, 11) is 0. The molecule has 0 amide bonds. The van der Waals surface area contributed by atoms with Crippen molar-refractivity contribution in [1.82, 2.24) is 25.1 Å².